The van der Waals surface area contributed by atoms with Crippen molar-refractivity contribution in [3.05, 3.63) is 35.4 Å². The van der Waals surface area contributed by atoms with Gasteiger partial charge in [0, 0.05) is 0 Å². The molecule has 0 saturated carbocycles. The highest BCUT2D eigenvalue weighted by atomic mass is 16.6. The van der Waals surface area contributed by atoms with Crippen LogP contribution in [0.1, 0.15) is 38.8 Å². The van der Waals surface area contributed by atoms with Crippen LogP contribution in [0.2, 0.25) is 0 Å². The summed E-state index contributed by atoms with van der Waals surface area (Å²) in [6, 6.07) is 7.61. The lowest BCUT2D eigenvalue weighted by Gasteiger charge is -2.28. The van der Waals surface area contributed by atoms with Crippen molar-refractivity contribution in [3.63, 3.8) is 0 Å². The first-order valence-electron chi connectivity index (χ1n) is 5.72. The second-order valence-electron chi connectivity index (χ2n) is 5.57. The Morgan fingerprint density at radius 1 is 1.24 bits per heavy atom. The average molecular weight is 235 g/mol. The summed E-state index contributed by atoms with van der Waals surface area (Å²) in [7, 11) is 0. The van der Waals surface area contributed by atoms with E-state index in [1.165, 1.54) is 0 Å². The molecule has 2 N–H and O–H groups in total. The van der Waals surface area contributed by atoms with Crippen LogP contribution in [0, 0.1) is 6.92 Å². The zero-order valence-electron chi connectivity index (χ0n) is 11.2. The van der Waals surface area contributed by atoms with E-state index in [1.807, 2.05) is 52.0 Å². The summed E-state index contributed by atoms with van der Waals surface area (Å²) in [6.45, 7) is 9.14. The number of hydrogen-bond donors (Lipinski definition) is 1. The number of esters is 1. The third kappa shape index (κ3) is 3.56. The first-order valence-corrected chi connectivity index (χ1v) is 5.72. The van der Waals surface area contributed by atoms with E-state index in [1.54, 1.807) is 6.92 Å². The van der Waals surface area contributed by atoms with Gasteiger partial charge in [-0.1, -0.05) is 29.8 Å². The van der Waals surface area contributed by atoms with E-state index < -0.39 is 17.1 Å². The first kappa shape index (κ1) is 13.7. The van der Waals surface area contributed by atoms with Gasteiger partial charge in [0.25, 0.3) is 0 Å². The fraction of sp³-hybridized carbons (Fsp3) is 0.500. The van der Waals surface area contributed by atoms with Crippen molar-refractivity contribution in [2.75, 3.05) is 0 Å². The summed E-state index contributed by atoms with van der Waals surface area (Å²) < 4.78 is 5.33. The molecule has 3 nitrogen and oxygen atoms in total. The van der Waals surface area contributed by atoms with Crippen LogP contribution in [-0.4, -0.2) is 11.6 Å². The third-order valence-electron chi connectivity index (χ3n) is 2.44. The molecular formula is C14H21NO2. The lowest BCUT2D eigenvalue weighted by Crippen LogP contribution is -2.45. The summed E-state index contributed by atoms with van der Waals surface area (Å²) in [5, 5.41) is 0. The van der Waals surface area contributed by atoms with Crippen LogP contribution < -0.4 is 5.73 Å². The summed E-state index contributed by atoms with van der Waals surface area (Å²) in [5.41, 5.74) is 6.29. The molecule has 1 atom stereocenters. The minimum atomic E-state index is -1.11. The molecule has 0 aliphatic carbocycles. The Labute approximate surface area is 103 Å². The van der Waals surface area contributed by atoms with Crippen LogP contribution in [0.25, 0.3) is 0 Å². The van der Waals surface area contributed by atoms with Gasteiger partial charge in [-0.05, 0) is 40.2 Å². The Morgan fingerprint density at radius 3 is 2.29 bits per heavy atom. The molecular weight excluding hydrogens is 214 g/mol. The van der Waals surface area contributed by atoms with Crippen LogP contribution >= 0.6 is 0 Å². The summed E-state index contributed by atoms with van der Waals surface area (Å²) >= 11 is 0. The first-order chi connectivity index (χ1) is 7.63. The maximum absolute atomic E-state index is 12.0. The van der Waals surface area contributed by atoms with Crippen molar-refractivity contribution < 1.29 is 9.53 Å². The number of rotatable bonds is 2. The smallest absolute Gasteiger partial charge is 0.331 e. The van der Waals surface area contributed by atoms with Crippen LogP contribution in [0.15, 0.2) is 24.3 Å². The van der Waals surface area contributed by atoms with Crippen molar-refractivity contribution in [1.82, 2.24) is 0 Å². The molecule has 0 spiro atoms. The molecule has 0 radical (unpaired) electrons. The number of hydrogen-bond acceptors (Lipinski definition) is 3. The number of aryl methyl sites for hydroxylation is 1. The van der Waals surface area contributed by atoms with Gasteiger partial charge >= 0.3 is 5.97 Å². The molecule has 1 aromatic rings. The number of ether oxygens (including phenoxy) is 1. The molecule has 0 aromatic heterocycles. The van der Waals surface area contributed by atoms with Crippen molar-refractivity contribution in [3.8, 4) is 0 Å². The van der Waals surface area contributed by atoms with Crippen molar-refractivity contribution in [1.29, 1.82) is 0 Å². The van der Waals surface area contributed by atoms with Crippen molar-refractivity contribution in [2.24, 2.45) is 5.73 Å². The lowest BCUT2D eigenvalue weighted by atomic mass is 9.92. The van der Waals surface area contributed by atoms with E-state index in [4.69, 9.17) is 10.5 Å². The van der Waals surface area contributed by atoms with Crippen LogP contribution in [0.3, 0.4) is 0 Å². The highest BCUT2D eigenvalue weighted by molar-refractivity contribution is 5.82. The standard InChI is InChI=1S/C14H21NO2/c1-10-7-6-8-11(9-10)14(5,15)12(16)17-13(2,3)4/h6-9H,15H2,1-5H3/t14-/m1/s1. The van der Waals surface area contributed by atoms with Crippen molar-refractivity contribution in [2.45, 2.75) is 45.8 Å². The predicted molar refractivity (Wildman–Crippen MR) is 68.6 cm³/mol. The van der Waals surface area contributed by atoms with Gasteiger partial charge in [0.05, 0.1) is 0 Å². The van der Waals surface area contributed by atoms with E-state index in [9.17, 15) is 4.79 Å². The monoisotopic (exact) mass is 235 g/mol. The Morgan fingerprint density at radius 2 is 1.82 bits per heavy atom. The van der Waals surface area contributed by atoms with E-state index in [2.05, 4.69) is 0 Å². The zero-order chi connectivity index (χ0) is 13.3. The average Bonchev–Trinajstić information content (AvgIpc) is 2.15. The Bertz CT molecular complexity index is 416. The minimum absolute atomic E-state index is 0.407. The molecule has 94 valence electrons. The van der Waals surface area contributed by atoms with Gasteiger partial charge < -0.3 is 10.5 Å². The molecule has 0 fully saturated rings. The topological polar surface area (TPSA) is 52.3 Å². The van der Waals surface area contributed by atoms with Crippen LogP contribution in [0.5, 0.6) is 0 Å². The van der Waals surface area contributed by atoms with Gasteiger partial charge in [0.1, 0.15) is 11.1 Å². The molecule has 0 saturated heterocycles. The van der Waals surface area contributed by atoms with Gasteiger partial charge in [0.15, 0.2) is 0 Å². The quantitative estimate of drug-likeness (QED) is 0.801. The fourth-order valence-electron chi connectivity index (χ4n) is 1.47. The van der Waals surface area contributed by atoms with E-state index in [0.717, 1.165) is 11.1 Å². The number of carbonyl (C=O) groups excluding carboxylic acids is 1. The van der Waals surface area contributed by atoms with Gasteiger partial charge in [-0.2, -0.15) is 0 Å². The van der Waals surface area contributed by atoms with Gasteiger partial charge in [0.2, 0.25) is 0 Å². The predicted octanol–water partition coefficient (Wildman–Crippen LogP) is 2.51. The second-order valence-corrected chi connectivity index (χ2v) is 5.57. The van der Waals surface area contributed by atoms with E-state index in [0.29, 0.717) is 0 Å². The van der Waals surface area contributed by atoms with Gasteiger partial charge in [-0.3, -0.25) is 0 Å². The SMILES string of the molecule is Cc1cccc([C@@](C)(N)C(=O)OC(C)(C)C)c1. The number of carbonyl (C=O) groups is 1. The minimum Gasteiger partial charge on any atom is -0.458 e. The van der Waals surface area contributed by atoms with Gasteiger partial charge in [-0.15, -0.1) is 0 Å². The Balaban J connectivity index is 2.99. The molecule has 0 unspecified atom stereocenters. The molecule has 0 bridgehead atoms. The molecule has 1 aromatic carbocycles. The number of nitrogens with two attached hydrogens (primary N) is 1. The maximum atomic E-state index is 12.0. The Kier molecular flexibility index (Phi) is 3.62. The normalized spacial score (nSPS) is 15.2. The molecule has 0 heterocycles. The molecule has 0 aliphatic heterocycles. The highest BCUT2D eigenvalue weighted by Crippen LogP contribution is 2.23. The fourth-order valence-corrected chi connectivity index (χ4v) is 1.47. The molecule has 0 aliphatic rings. The summed E-state index contributed by atoms with van der Waals surface area (Å²) in [5.74, 6) is -0.407. The molecule has 1 rings (SSSR count). The van der Waals surface area contributed by atoms with Crippen LogP contribution in [0.4, 0.5) is 0 Å². The lowest BCUT2D eigenvalue weighted by molar-refractivity contribution is -0.161. The zero-order valence-corrected chi connectivity index (χ0v) is 11.2. The molecule has 3 heteroatoms. The maximum Gasteiger partial charge on any atom is 0.331 e. The molecule has 0 amide bonds. The second kappa shape index (κ2) is 4.49. The molecule has 17 heavy (non-hydrogen) atoms. The summed E-state index contributed by atoms with van der Waals surface area (Å²) in [4.78, 5) is 12.0. The van der Waals surface area contributed by atoms with Crippen molar-refractivity contribution >= 4 is 5.97 Å². The van der Waals surface area contributed by atoms with E-state index >= 15 is 0 Å². The highest BCUT2D eigenvalue weighted by Gasteiger charge is 2.34. The van der Waals surface area contributed by atoms with Crippen LogP contribution in [-0.2, 0) is 15.1 Å². The Hall–Kier alpha value is -1.35. The largest absolute Gasteiger partial charge is 0.458 e. The number of benzene rings is 1. The van der Waals surface area contributed by atoms with E-state index in [-0.39, 0.29) is 0 Å². The summed E-state index contributed by atoms with van der Waals surface area (Å²) in [6.07, 6.45) is 0. The third-order valence-corrected chi connectivity index (χ3v) is 2.44. The van der Waals surface area contributed by atoms with Gasteiger partial charge in [-0.25, -0.2) is 4.79 Å².